The Morgan fingerprint density at radius 1 is 1.10 bits per heavy atom. The van der Waals surface area contributed by atoms with Crippen molar-refractivity contribution < 1.29 is 19.8 Å². The number of aryl methyl sites for hydroxylation is 1. The monoisotopic (exact) mass is 274 g/mol. The summed E-state index contributed by atoms with van der Waals surface area (Å²) in [4.78, 5) is 21.9. The van der Waals surface area contributed by atoms with Gasteiger partial charge in [-0.3, -0.25) is 4.68 Å². The predicted molar refractivity (Wildman–Crippen MR) is 71.2 cm³/mol. The Labute approximate surface area is 115 Å². The molecule has 104 valence electrons. The standard InChI is InChI=1S/C14H14N2O4/c1-8-12(14(19)20)9(2)16(15-8)7-10-3-5-11(6-4-10)13(17)18/h3-6H,7H2,1-2H3,(H,17,18)(H,19,20). The molecule has 20 heavy (non-hydrogen) atoms. The highest BCUT2D eigenvalue weighted by atomic mass is 16.4. The number of aromatic nitrogens is 2. The van der Waals surface area contributed by atoms with Gasteiger partial charge in [0.1, 0.15) is 5.56 Å². The maximum Gasteiger partial charge on any atom is 0.339 e. The van der Waals surface area contributed by atoms with E-state index in [1.54, 1.807) is 30.7 Å². The van der Waals surface area contributed by atoms with Gasteiger partial charge in [-0.25, -0.2) is 9.59 Å². The van der Waals surface area contributed by atoms with Crippen LogP contribution >= 0.6 is 0 Å². The lowest BCUT2D eigenvalue weighted by Gasteiger charge is -2.05. The van der Waals surface area contributed by atoms with Gasteiger partial charge in [0.25, 0.3) is 0 Å². The van der Waals surface area contributed by atoms with Crippen LogP contribution in [-0.4, -0.2) is 31.9 Å². The first-order valence-electron chi connectivity index (χ1n) is 5.99. The number of hydrogen-bond acceptors (Lipinski definition) is 3. The fraction of sp³-hybridized carbons (Fsp3) is 0.214. The van der Waals surface area contributed by atoms with Crippen molar-refractivity contribution >= 4 is 11.9 Å². The van der Waals surface area contributed by atoms with Crippen LogP contribution in [0, 0.1) is 13.8 Å². The lowest BCUT2D eigenvalue weighted by atomic mass is 10.1. The van der Waals surface area contributed by atoms with Crippen LogP contribution < -0.4 is 0 Å². The molecular weight excluding hydrogens is 260 g/mol. The van der Waals surface area contributed by atoms with Crippen molar-refractivity contribution in [2.24, 2.45) is 0 Å². The summed E-state index contributed by atoms with van der Waals surface area (Å²) in [6, 6.07) is 6.42. The zero-order valence-corrected chi connectivity index (χ0v) is 11.1. The van der Waals surface area contributed by atoms with Crippen molar-refractivity contribution in [3.63, 3.8) is 0 Å². The number of aromatic carboxylic acids is 2. The van der Waals surface area contributed by atoms with Crippen molar-refractivity contribution in [1.29, 1.82) is 0 Å². The minimum absolute atomic E-state index is 0.215. The normalized spacial score (nSPS) is 10.5. The van der Waals surface area contributed by atoms with Gasteiger partial charge >= 0.3 is 11.9 Å². The van der Waals surface area contributed by atoms with Gasteiger partial charge in [0.05, 0.1) is 23.5 Å². The second kappa shape index (κ2) is 5.16. The van der Waals surface area contributed by atoms with Gasteiger partial charge in [0, 0.05) is 0 Å². The van der Waals surface area contributed by atoms with E-state index in [1.165, 1.54) is 12.1 Å². The van der Waals surface area contributed by atoms with Gasteiger partial charge in [-0.05, 0) is 31.5 Å². The molecule has 2 aromatic rings. The molecule has 0 atom stereocenters. The van der Waals surface area contributed by atoms with Crippen molar-refractivity contribution in [1.82, 2.24) is 9.78 Å². The maximum atomic E-state index is 11.1. The summed E-state index contributed by atoms with van der Waals surface area (Å²) in [6.45, 7) is 3.76. The van der Waals surface area contributed by atoms with Crippen LogP contribution in [0.25, 0.3) is 0 Å². The predicted octanol–water partition coefficient (Wildman–Crippen LogP) is 1.94. The third kappa shape index (κ3) is 2.54. The first-order chi connectivity index (χ1) is 9.40. The van der Waals surface area contributed by atoms with Crippen molar-refractivity contribution in [3.05, 3.63) is 52.3 Å². The number of hydrogen-bond donors (Lipinski definition) is 2. The fourth-order valence-electron chi connectivity index (χ4n) is 2.09. The number of benzene rings is 1. The molecule has 2 N–H and O–H groups in total. The highest BCUT2D eigenvalue weighted by Gasteiger charge is 2.17. The summed E-state index contributed by atoms with van der Waals surface area (Å²) < 4.78 is 1.61. The average Bonchev–Trinajstić information content (AvgIpc) is 2.65. The molecule has 0 amide bonds. The first kappa shape index (κ1) is 13.8. The zero-order valence-electron chi connectivity index (χ0n) is 11.1. The third-order valence-corrected chi connectivity index (χ3v) is 3.13. The molecule has 1 aromatic heterocycles. The smallest absolute Gasteiger partial charge is 0.339 e. The number of carboxylic acids is 2. The molecule has 2 rings (SSSR count). The van der Waals surface area contributed by atoms with E-state index < -0.39 is 11.9 Å². The van der Waals surface area contributed by atoms with Crippen LogP contribution in [0.5, 0.6) is 0 Å². The van der Waals surface area contributed by atoms with Crippen LogP contribution in [0.3, 0.4) is 0 Å². The number of nitrogens with zero attached hydrogens (tertiary/aromatic N) is 2. The summed E-state index contributed by atoms with van der Waals surface area (Å²) in [6.07, 6.45) is 0. The molecule has 0 saturated heterocycles. The zero-order chi connectivity index (χ0) is 14.9. The van der Waals surface area contributed by atoms with E-state index in [4.69, 9.17) is 10.2 Å². The van der Waals surface area contributed by atoms with E-state index in [0.29, 0.717) is 17.9 Å². The summed E-state index contributed by atoms with van der Waals surface area (Å²) in [5, 5.41) is 22.1. The van der Waals surface area contributed by atoms with Crippen molar-refractivity contribution in [3.8, 4) is 0 Å². The summed E-state index contributed by atoms with van der Waals surface area (Å²) >= 11 is 0. The Morgan fingerprint density at radius 2 is 1.70 bits per heavy atom. The number of rotatable bonds is 4. The van der Waals surface area contributed by atoms with Gasteiger partial charge in [-0.2, -0.15) is 5.10 Å². The van der Waals surface area contributed by atoms with Crippen LogP contribution in [-0.2, 0) is 6.54 Å². The lowest BCUT2D eigenvalue weighted by Crippen LogP contribution is -2.06. The van der Waals surface area contributed by atoms with E-state index in [9.17, 15) is 9.59 Å². The second-order valence-electron chi connectivity index (χ2n) is 4.51. The molecule has 0 fully saturated rings. The van der Waals surface area contributed by atoms with E-state index in [2.05, 4.69) is 5.10 Å². The third-order valence-electron chi connectivity index (χ3n) is 3.13. The molecule has 0 unspecified atom stereocenters. The molecule has 1 aromatic carbocycles. The molecule has 0 bridgehead atoms. The summed E-state index contributed by atoms with van der Waals surface area (Å²) in [5.74, 6) is -1.97. The molecular formula is C14H14N2O4. The Bertz CT molecular complexity index is 671. The minimum atomic E-state index is -0.993. The van der Waals surface area contributed by atoms with Crippen LogP contribution in [0.15, 0.2) is 24.3 Å². The van der Waals surface area contributed by atoms with Crippen LogP contribution in [0.1, 0.15) is 37.7 Å². The van der Waals surface area contributed by atoms with Gasteiger partial charge < -0.3 is 10.2 Å². The van der Waals surface area contributed by atoms with Gasteiger partial charge in [-0.15, -0.1) is 0 Å². The lowest BCUT2D eigenvalue weighted by molar-refractivity contribution is 0.0685. The van der Waals surface area contributed by atoms with E-state index in [1.807, 2.05) is 0 Å². The van der Waals surface area contributed by atoms with E-state index in [-0.39, 0.29) is 11.1 Å². The van der Waals surface area contributed by atoms with E-state index in [0.717, 1.165) is 5.56 Å². The average molecular weight is 274 g/mol. The molecule has 0 spiro atoms. The van der Waals surface area contributed by atoms with Gasteiger partial charge in [0.15, 0.2) is 0 Å². The van der Waals surface area contributed by atoms with Crippen LogP contribution in [0.2, 0.25) is 0 Å². The summed E-state index contributed by atoms with van der Waals surface area (Å²) in [5.41, 5.74) is 2.34. The van der Waals surface area contributed by atoms with Gasteiger partial charge in [0.2, 0.25) is 0 Å². The molecule has 6 heteroatoms. The van der Waals surface area contributed by atoms with Crippen molar-refractivity contribution in [2.75, 3.05) is 0 Å². The molecule has 0 aliphatic rings. The minimum Gasteiger partial charge on any atom is -0.478 e. The van der Waals surface area contributed by atoms with E-state index >= 15 is 0 Å². The molecule has 0 saturated carbocycles. The molecule has 0 radical (unpaired) electrons. The molecule has 6 nitrogen and oxygen atoms in total. The Hall–Kier alpha value is -2.63. The Kier molecular flexibility index (Phi) is 3.56. The Balaban J connectivity index is 2.28. The molecule has 0 aliphatic carbocycles. The largest absolute Gasteiger partial charge is 0.478 e. The Morgan fingerprint density at radius 3 is 2.15 bits per heavy atom. The highest BCUT2D eigenvalue weighted by molar-refractivity contribution is 5.90. The quantitative estimate of drug-likeness (QED) is 0.888. The van der Waals surface area contributed by atoms with Gasteiger partial charge in [-0.1, -0.05) is 12.1 Å². The fourth-order valence-corrected chi connectivity index (χ4v) is 2.09. The van der Waals surface area contributed by atoms with Crippen molar-refractivity contribution in [2.45, 2.75) is 20.4 Å². The maximum absolute atomic E-state index is 11.1. The second-order valence-corrected chi connectivity index (χ2v) is 4.51. The summed E-state index contributed by atoms with van der Waals surface area (Å²) in [7, 11) is 0. The molecule has 0 aliphatic heterocycles. The topological polar surface area (TPSA) is 92.4 Å². The highest BCUT2D eigenvalue weighted by Crippen LogP contribution is 2.15. The van der Waals surface area contributed by atoms with Crippen LogP contribution in [0.4, 0.5) is 0 Å². The molecule has 1 heterocycles. The number of carbonyl (C=O) groups is 2. The SMILES string of the molecule is Cc1nn(Cc2ccc(C(=O)O)cc2)c(C)c1C(=O)O. The number of carboxylic acid groups (broad SMARTS) is 2. The first-order valence-corrected chi connectivity index (χ1v) is 5.99.